The molecule has 0 saturated heterocycles. The maximum atomic E-state index is 11.3. The van der Waals surface area contributed by atoms with E-state index in [9.17, 15) is 4.79 Å². The van der Waals surface area contributed by atoms with E-state index in [1.165, 1.54) is 5.56 Å². The van der Waals surface area contributed by atoms with Gasteiger partial charge in [-0.05, 0) is 24.1 Å². The highest BCUT2D eigenvalue weighted by atomic mass is 79.9. The van der Waals surface area contributed by atoms with Crippen molar-refractivity contribution in [1.82, 2.24) is 5.32 Å². The summed E-state index contributed by atoms with van der Waals surface area (Å²) in [6.07, 6.45) is 0. The fourth-order valence-electron chi connectivity index (χ4n) is 1.64. The van der Waals surface area contributed by atoms with Crippen molar-refractivity contribution in [2.45, 2.75) is 19.4 Å². The van der Waals surface area contributed by atoms with Crippen LogP contribution in [0.15, 0.2) is 22.7 Å². The summed E-state index contributed by atoms with van der Waals surface area (Å²) in [5.74, 6) is 0.0897. The van der Waals surface area contributed by atoms with Crippen LogP contribution in [0.4, 0.5) is 0 Å². The first kappa shape index (κ1) is 8.75. The third kappa shape index (κ3) is 1.37. The molecule has 1 N–H and O–H groups in total. The molecule has 0 aliphatic carbocycles. The number of fused-ring (bicyclic) bond motifs is 1. The van der Waals surface area contributed by atoms with Crippen molar-refractivity contribution in [3.8, 4) is 0 Å². The molecular weight excluding hydrogens is 230 g/mol. The molecule has 1 aromatic rings. The summed E-state index contributed by atoms with van der Waals surface area (Å²) in [5.41, 5.74) is 2.34. The summed E-state index contributed by atoms with van der Waals surface area (Å²) in [7, 11) is 0. The van der Waals surface area contributed by atoms with Crippen molar-refractivity contribution in [2.75, 3.05) is 0 Å². The molecule has 0 radical (unpaired) electrons. The Balaban J connectivity index is 2.55. The zero-order valence-corrected chi connectivity index (χ0v) is 8.89. The lowest BCUT2D eigenvalue weighted by atomic mass is 9.92. The highest BCUT2D eigenvalue weighted by molar-refractivity contribution is 9.10. The van der Waals surface area contributed by atoms with Gasteiger partial charge in [-0.25, -0.2) is 0 Å². The van der Waals surface area contributed by atoms with E-state index in [-0.39, 0.29) is 11.8 Å². The van der Waals surface area contributed by atoms with Crippen LogP contribution in [0.2, 0.25) is 0 Å². The number of hydrogen-bond donors (Lipinski definition) is 1. The SMILES string of the molecule is C[C@@H]1C(=O)NCc2c(Br)cccc21. The van der Waals surface area contributed by atoms with Crippen LogP contribution in [0, 0.1) is 0 Å². The third-order valence-corrected chi connectivity index (χ3v) is 3.20. The van der Waals surface area contributed by atoms with Crippen LogP contribution >= 0.6 is 15.9 Å². The Morgan fingerprint density at radius 1 is 1.54 bits per heavy atom. The molecule has 0 unspecified atom stereocenters. The zero-order valence-electron chi connectivity index (χ0n) is 7.30. The molecule has 1 aliphatic heterocycles. The number of carbonyl (C=O) groups excluding carboxylic acids is 1. The van der Waals surface area contributed by atoms with E-state index < -0.39 is 0 Å². The lowest BCUT2D eigenvalue weighted by Gasteiger charge is -2.23. The second kappa shape index (κ2) is 3.14. The monoisotopic (exact) mass is 239 g/mol. The molecule has 1 amide bonds. The molecule has 0 spiro atoms. The van der Waals surface area contributed by atoms with Crippen molar-refractivity contribution >= 4 is 21.8 Å². The van der Waals surface area contributed by atoms with Gasteiger partial charge < -0.3 is 5.32 Å². The molecule has 2 nitrogen and oxygen atoms in total. The summed E-state index contributed by atoms with van der Waals surface area (Å²) >= 11 is 3.48. The minimum absolute atomic E-state index is 0.0266. The molecule has 13 heavy (non-hydrogen) atoms. The van der Waals surface area contributed by atoms with Gasteiger partial charge in [0, 0.05) is 11.0 Å². The molecule has 68 valence electrons. The maximum Gasteiger partial charge on any atom is 0.227 e. The van der Waals surface area contributed by atoms with E-state index in [1.54, 1.807) is 0 Å². The number of amides is 1. The largest absolute Gasteiger partial charge is 0.351 e. The molecule has 1 aliphatic rings. The van der Waals surface area contributed by atoms with Gasteiger partial charge in [-0.2, -0.15) is 0 Å². The van der Waals surface area contributed by atoms with Crippen LogP contribution in [0.25, 0.3) is 0 Å². The number of benzene rings is 1. The molecule has 1 atom stereocenters. The van der Waals surface area contributed by atoms with E-state index in [0.717, 1.165) is 10.0 Å². The van der Waals surface area contributed by atoms with Gasteiger partial charge in [-0.3, -0.25) is 4.79 Å². The summed E-state index contributed by atoms with van der Waals surface area (Å²) in [4.78, 5) is 11.3. The van der Waals surface area contributed by atoms with Gasteiger partial charge in [0.05, 0.1) is 5.92 Å². The van der Waals surface area contributed by atoms with Gasteiger partial charge in [0.15, 0.2) is 0 Å². The summed E-state index contributed by atoms with van der Waals surface area (Å²) in [6.45, 7) is 2.57. The molecule has 1 aromatic carbocycles. The first-order valence-electron chi connectivity index (χ1n) is 4.25. The van der Waals surface area contributed by atoms with Crippen LogP contribution in [-0.2, 0) is 11.3 Å². The average Bonchev–Trinajstić information content (AvgIpc) is 2.12. The minimum Gasteiger partial charge on any atom is -0.351 e. The first-order valence-corrected chi connectivity index (χ1v) is 5.04. The molecule has 1 heterocycles. The minimum atomic E-state index is -0.0266. The fraction of sp³-hybridized carbons (Fsp3) is 0.300. The predicted molar refractivity (Wildman–Crippen MR) is 54.4 cm³/mol. The van der Waals surface area contributed by atoms with Crippen LogP contribution in [0.1, 0.15) is 24.0 Å². The van der Waals surface area contributed by atoms with Crippen LogP contribution in [-0.4, -0.2) is 5.91 Å². The van der Waals surface area contributed by atoms with Crippen molar-refractivity contribution in [3.05, 3.63) is 33.8 Å². The zero-order chi connectivity index (χ0) is 9.42. The Morgan fingerprint density at radius 2 is 2.31 bits per heavy atom. The second-order valence-corrected chi connectivity index (χ2v) is 4.10. The highest BCUT2D eigenvalue weighted by Gasteiger charge is 2.23. The number of carbonyl (C=O) groups is 1. The van der Waals surface area contributed by atoms with Crippen molar-refractivity contribution in [2.24, 2.45) is 0 Å². The van der Waals surface area contributed by atoms with Gasteiger partial charge in [0.2, 0.25) is 5.91 Å². The lowest BCUT2D eigenvalue weighted by molar-refractivity contribution is -0.122. The van der Waals surface area contributed by atoms with E-state index in [1.807, 2.05) is 25.1 Å². The molecule has 3 heteroatoms. The summed E-state index contributed by atoms with van der Waals surface area (Å²) < 4.78 is 1.08. The van der Waals surface area contributed by atoms with Crippen LogP contribution < -0.4 is 5.32 Å². The average molecular weight is 240 g/mol. The molecule has 2 rings (SSSR count). The Kier molecular flexibility index (Phi) is 2.12. The topological polar surface area (TPSA) is 29.1 Å². The number of nitrogens with one attached hydrogen (secondary N) is 1. The number of hydrogen-bond acceptors (Lipinski definition) is 1. The lowest BCUT2D eigenvalue weighted by Crippen LogP contribution is -2.33. The Labute approximate surface area is 85.5 Å². The Bertz CT molecular complexity index is 362. The molecule has 0 fully saturated rings. The van der Waals surface area contributed by atoms with Gasteiger partial charge in [0.1, 0.15) is 0 Å². The normalized spacial score (nSPS) is 20.8. The van der Waals surface area contributed by atoms with Gasteiger partial charge in [0.25, 0.3) is 0 Å². The molecule has 0 aromatic heterocycles. The van der Waals surface area contributed by atoms with E-state index in [2.05, 4.69) is 21.2 Å². The maximum absolute atomic E-state index is 11.3. The van der Waals surface area contributed by atoms with E-state index in [4.69, 9.17) is 0 Å². The van der Waals surface area contributed by atoms with Crippen molar-refractivity contribution in [1.29, 1.82) is 0 Å². The van der Waals surface area contributed by atoms with Crippen LogP contribution in [0.3, 0.4) is 0 Å². The predicted octanol–water partition coefficient (Wildman–Crippen LogP) is 2.18. The quantitative estimate of drug-likeness (QED) is 0.739. The van der Waals surface area contributed by atoms with E-state index in [0.29, 0.717) is 6.54 Å². The first-order chi connectivity index (χ1) is 6.20. The Hall–Kier alpha value is -0.830. The third-order valence-electron chi connectivity index (χ3n) is 2.45. The van der Waals surface area contributed by atoms with Gasteiger partial charge in [-0.15, -0.1) is 0 Å². The number of halogens is 1. The van der Waals surface area contributed by atoms with Crippen LogP contribution in [0.5, 0.6) is 0 Å². The highest BCUT2D eigenvalue weighted by Crippen LogP contribution is 2.29. The molecular formula is C10H10BrNO. The standard InChI is InChI=1S/C10H10BrNO/c1-6-7-3-2-4-9(11)8(7)5-12-10(6)13/h2-4,6H,5H2,1H3,(H,12,13)/t6-/m0/s1. The second-order valence-electron chi connectivity index (χ2n) is 3.25. The van der Waals surface area contributed by atoms with Gasteiger partial charge >= 0.3 is 0 Å². The van der Waals surface area contributed by atoms with E-state index >= 15 is 0 Å². The van der Waals surface area contributed by atoms with Crippen molar-refractivity contribution < 1.29 is 4.79 Å². The fourth-order valence-corrected chi connectivity index (χ4v) is 2.16. The smallest absolute Gasteiger partial charge is 0.227 e. The molecule has 0 bridgehead atoms. The Morgan fingerprint density at radius 3 is 3.08 bits per heavy atom. The number of rotatable bonds is 0. The summed E-state index contributed by atoms with van der Waals surface area (Å²) in [5, 5.41) is 2.86. The van der Waals surface area contributed by atoms with Gasteiger partial charge in [-0.1, -0.05) is 28.1 Å². The molecule has 0 saturated carbocycles. The van der Waals surface area contributed by atoms with Crippen molar-refractivity contribution in [3.63, 3.8) is 0 Å². The summed E-state index contributed by atoms with van der Waals surface area (Å²) in [6, 6.07) is 5.99.